The molecule has 0 bridgehead atoms. The first-order chi connectivity index (χ1) is 20.8. The molecule has 8 nitrogen and oxygen atoms in total. The second kappa shape index (κ2) is 13.0. The van der Waals surface area contributed by atoms with E-state index in [2.05, 4.69) is 56.0 Å². The first-order valence-corrected chi connectivity index (χ1v) is 16.5. The number of carbonyl (C=O) groups is 2. The van der Waals surface area contributed by atoms with E-state index in [-0.39, 0.29) is 18.1 Å². The third-order valence-electron chi connectivity index (χ3n) is 8.89. The highest BCUT2D eigenvalue weighted by Gasteiger charge is 2.43. The zero-order valence-corrected chi connectivity index (χ0v) is 27.1. The minimum Gasteiger partial charge on any atom is -0.447 e. The van der Waals surface area contributed by atoms with Crippen LogP contribution in [0.4, 0.5) is 4.79 Å². The molecule has 0 radical (unpaired) electrons. The van der Waals surface area contributed by atoms with Gasteiger partial charge in [-0.2, -0.15) is 0 Å². The summed E-state index contributed by atoms with van der Waals surface area (Å²) in [6.45, 7) is 7.34. The number of amides is 2. The Bertz CT molecular complexity index is 1410. The maximum Gasteiger partial charge on any atom is 0.410 e. The predicted octanol–water partition coefficient (Wildman–Crippen LogP) is 5.96. The molecule has 0 N–H and O–H groups in total. The maximum absolute atomic E-state index is 14.4. The van der Waals surface area contributed by atoms with Crippen LogP contribution in [0.15, 0.2) is 59.5 Å². The number of pyridine rings is 1. The molecule has 2 saturated heterocycles. The number of ether oxygens (including phenoxy) is 1. The molecule has 228 valence electrons. The number of aromatic nitrogens is 2. The molecule has 2 fully saturated rings. The number of halogens is 2. The predicted molar refractivity (Wildman–Crippen MR) is 170 cm³/mol. The van der Waals surface area contributed by atoms with E-state index >= 15 is 0 Å². The average molecular weight is 669 g/mol. The van der Waals surface area contributed by atoms with Gasteiger partial charge in [-0.25, -0.2) is 4.79 Å². The van der Waals surface area contributed by atoms with Crippen LogP contribution in [0, 0.1) is 5.92 Å². The van der Waals surface area contributed by atoms with Crippen molar-refractivity contribution in [2.24, 2.45) is 5.92 Å². The number of hydrogen-bond donors (Lipinski definition) is 0. The number of rotatable bonds is 5. The number of piperidine rings is 1. The molecule has 4 heterocycles. The number of likely N-dealkylation sites (tertiary alicyclic amines) is 1. The number of benzene rings is 1. The van der Waals surface area contributed by atoms with Crippen molar-refractivity contribution in [2.45, 2.75) is 64.3 Å². The molecule has 1 aliphatic carbocycles. The van der Waals surface area contributed by atoms with Crippen LogP contribution in [-0.4, -0.2) is 81.1 Å². The summed E-state index contributed by atoms with van der Waals surface area (Å²) in [6, 6.07) is 11.5. The highest BCUT2D eigenvalue weighted by molar-refractivity contribution is 9.10. The number of nitrogens with zero attached hydrogens (tertiary/aromatic N) is 5. The topological polar surface area (TPSA) is 70.9 Å². The van der Waals surface area contributed by atoms with Crippen LogP contribution >= 0.6 is 27.5 Å². The molecule has 2 aromatic heterocycles. The number of hydrogen-bond acceptors (Lipinski definition) is 5. The Balaban J connectivity index is 1.32. The summed E-state index contributed by atoms with van der Waals surface area (Å²) < 4.78 is 8.78. The summed E-state index contributed by atoms with van der Waals surface area (Å²) in [7, 11) is 0. The van der Waals surface area contributed by atoms with E-state index in [0.717, 1.165) is 48.0 Å². The van der Waals surface area contributed by atoms with E-state index in [9.17, 15) is 9.59 Å². The van der Waals surface area contributed by atoms with Gasteiger partial charge in [0.05, 0.1) is 17.8 Å². The van der Waals surface area contributed by atoms with Gasteiger partial charge in [0.1, 0.15) is 6.04 Å². The van der Waals surface area contributed by atoms with Gasteiger partial charge >= 0.3 is 6.09 Å². The third kappa shape index (κ3) is 6.64. The quantitative estimate of drug-likeness (QED) is 0.336. The van der Waals surface area contributed by atoms with Crippen molar-refractivity contribution in [1.29, 1.82) is 0 Å². The molecule has 2 amide bonds. The lowest BCUT2D eigenvalue weighted by Crippen LogP contribution is -2.62. The van der Waals surface area contributed by atoms with Crippen molar-refractivity contribution in [3.8, 4) is 0 Å². The summed E-state index contributed by atoms with van der Waals surface area (Å²) >= 11 is 10.1. The van der Waals surface area contributed by atoms with Gasteiger partial charge in [-0.1, -0.05) is 17.7 Å². The van der Waals surface area contributed by atoms with Gasteiger partial charge in [0.2, 0.25) is 5.91 Å². The molecule has 1 aromatic carbocycles. The summed E-state index contributed by atoms with van der Waals surface area (Å²) in [4.78, 5) is 38.7. The highest BCUT2D eigenvalue weighted by Crippen LogP contribution is 2.39. The first kappa shape index (κ1) is 30.2. The van der Waals surface area contributed by atoms with Crippen LogP contribution in [0.5, 0.6) is 0 Å². The Morgan fingerprint density at radius 1 is 1.07 bits per heavy atom. The molecular formula is C33H39BrClN5O3. The van der Waals surface area contributed by atoms with Crippen LogP contribution in [-0.2, 0) is 28.9 Å². The second-order valence-electron chi connectivity index (χ2n) is 12.3. The van der Waals surface area contributed by atoms with Gasteiger partial charge in [0, 0.05) is 67.4 Å². The van der Waals surface area contributed by atoms with E-state index in [1.807, 2.05) is 43.1 Å². The number of carbonyl (C=O) groups excluding carboxylic acids is 2. The Labute approximate surface area is 267 Å². The van der Waals surface area contributed by atoms with E-state index in [0.29, 0.717) is 43.7 Å². The molecule has 0 saturated carbocycles. The fraction of sp³-hybridized carbons (Fsp3) is 0.485. The van der Waals surface area contributed by atoms with Crippen molar-refractivity contribution in [3.63, 3.8) is 0 Å². The minimum atomic E-state index is -0.650. The molecule has 43 heavy (non-hydrogen) atoms. The van der Waals surface area contributed by atoms with Crippen LogP contribution in [0.3, 0.4) is 0 Å². The summed E-state index contributed by atoms with van der Waals surface area (Å²) in [6.07, 6.45) is 9.05. The second-order valence-corrected chi connectivity index (χ2v) is 13.6. The van der Waals surface area contributed by atoms with Gasteiger partial charge in [-0.05, 0) is 108 Å². The molecule has 6 rings (SSSR count). The van der Waals surface area contributed by atoms with Crippen molar-refractivity contribution in [1.82, 2.24) is 24.3 Å². The molecule has 10 heteroatoms. The van der Waals surface area contributed by atoms with Crippen molar-refractivity contribution < 1.29 is 14.3 Å². The number of fused-ring (bicyclic) bond motifs is 2. The lowest BCUT2D eigenvalue weighted by Gasteiger charge is -2.45. The van der Waals surface area contributed by atoms with Crippen LogP contribution in [0.1, 0.15) is 55.1 Å². The van der Waals surface area contributed by atoms with Crippen LogP contribution in [0.2, 0.25) is 5.02 Å². The fourth-order valence-corrected chi connectivity index (χ4v) is 7.51. The Morgan fingerprint density at radius 3 is 2.65 bits per heavy atom. The third-order valence-corrected chi connectivity index (χ3v) is 9.56. The van der Waals surface area contributed by atoms with Gasteiger partial charge in [-0.3, -0.25) is 19.6 Å². The van der Waals surface area contributed by atoms with E-state index in [1.165, 1.54) is 11.1 Å². The van der Waals surface area contributed by atoms with Crippen molar-refractivity contribution >= 4 is 39.5 Å². The van der Waals surface area contributed by atoms with Crippen molar-refractivity contribution in [2.75, 3.05) is 32.7 Å². The smallest absolute Gasteiger partial charge is 0.410 e. The normalized spacial score (nSPS) is 22.6. The van der Waals surface area contributed by atoms with E-state index < -0.39 is 12.1 Å². The van der Waals surface area contributed by atoms with E-state index in [1.54, 1.807) is 4.90 Å². The molecule has 3 atom stereocenters. The Kier molecular flexibility index (Phi) is 9.12. The number of aryl methyl sites for hydroxylation is 2. The molecule has 3 aliphatic rings. The van der Waals surface area contributed by atoms with Crippen molar-refractivity contribution in [3.05, 3.63) is 86.9 Å². The summed E-state index contributed by atoms with van der Waals surface area (Å²) in [5, 5.41) is 0.714. The minimum absolute atomic E-state index is 0.00319. The maximum atomic E-state index is 14.4. The Hall–Kier alpha value is -2.88. The first-order valence-electron chi connectivity index (χ1n) is 15.3. The SMILES string of the molecule is CC(C)OC(=O)N1CCN([C@@H]2c3ccc(Cl)cc3CCc3cc(Br)cnc32)C[C@@H]1C(=O)N1CCC[C@@H](Cn2cccc2)C1. The lowest BCUT2D eigenvalue weighted by molar-refractivity contribution is -0.141. The highest BCUT2D eigenvalue weighted by atomic mass is 79.9. The molecule has 2 aliphatic heterocycles. The van der Waals surface area contributed by atoms with Gasteiger partial charge < -0.3 is 14.2 Å². The van der Waals surface area contributed by atoms with Crippen LogP contribution in [0.25, 0.3) is 0 Å². The van der Waals surface area contributed by atoms with Crippen LogP contribution < -0.4 is 0 Å². The summed E-state index contributed by atoms with van der Waals surface area (Å²) in [5.74, 6) is 0.366. The largest absolute Gasteiger partial charge is 0.447 e. The Morgan fingerprint density at radius 2 is 1.86 bits per heavy atom. The molecular weight excluding hydrogens is 630 g/mol. The average Bonchev–Trinajstić information content (AvgIpc) is 3.44. The molecule has 3 aromatic rings. The lowest BCUT2D eigenvalue weighted by atomic mass is 9.94. The molecule has 0 spiro atoms. The van der Waals surface area contributed by atoms with Gasteiger partial charge in [-0.15, -0.1) is 0 Å². The van der Waals surface area contributed by atoms with E-state index in [4.69, 9.17) is 21.3 Å². The van der Waals surface area contributed by atoms with Gasteiger partial charge in [0.15, 0.2) is 0 Å². The molecule has 0 unspecified atom stereocenters. The standard InChI is InChI=1S/C33H39BrClN5O3/c1-22(2)43-33(42)40-15-14-38(21-29(40)32(41)39-13-5-6-23(20-39)19-37-11-3-4-12-37)31-28-10-9-27(35)17-24(28)7-8-25-16-26(34)18-36-30(25)31/h3-4,9-12,16-18,22-23,29,31H,5-8,13-15,19-21H2,1-2H3/t23-,29+,31+/m0/s1. The number of piperazine rings is 1. The fourth-order valence-electron chi connectivity index (χ4n) is 6.93. The summed E-state index contributed by atoms with van der Waals surface area (Å²) in [5.41, 5.74) is 4.53. The monoisotopic (exact) mass is 667 g/mol. The van der Waals surface area contributed by atoms with Gasteiger partial charge in [0.25, 0.3) is 0 Å². The zero-order valence-electron chi connectivity index (χ0n) is 24.8. The zero-order chi connectivity index (χ0) is 30.1.